The molecule has 82 valence electrons. The van der Waals surface area contributed by atoms with Gasteiger partial charge in [-0.1, -0.05) is 0 Å². The molecule has 1 atom stereocenters. The molecule has 5 nitrogen and oxygen atoms in total. The van der Waals surface area contributed by atoms with Crippen molar-refractivity contribution in [1.29, 1.82) is 0 Å². The van der Waals surface area contributed by atoms with Crippen molar-refractivity contribution in [3.05, 3.63) is 0 Å². The number of carbonyl (C=O) groups is 1. The van der Waals surface area contributed by atoms with Crippen molar-refractivity contribution in [1.82, 2.24) is 4.90 Å². The molecule has 14 heavy (non-hydrogen) atoms. The van der Waals surface area contributed by atoms with Gasteiger partial charge in [0.1, 0.15) is 5.60 Å². The van der Waals surface area contributed by atoms with E-state index < -0.39 is 5.60 Å². The number of likely N-dealkylation sites (tertiary alicyclic amines) is 1. The summed E-state index contributed by atoms with van der Waals surface area (Å²) in [5.41, 5.74) is -0.473. The zero-order valence-corrected chi connectivity index (χ0v) is 8.95. The predicted molar refractivity (Wildman–Crippen MR) is 51.2 cm³/mol. The number of amides is 1. The fraction of sp³-hybridized carbons (Fsp3) is 0.889. The van der Waals surface area contributed by atoms with Gasteiger partial charge in [-0.05, 0) is 33.6 Å². The minimum Gasteiger partial charge on any atom is -0.444 e. The Kier molecular flexibility index (Phi) is 3.34. The molecule has 1 fully saturated rings. The summed E-state index contributed by atoms with van der Waals surface area (Å²) in [6.45, 7) is 6.15. The molecular weight excluding hydrogens is 184 g/mol. The Hall–Kier alpha value is -0.810. The van der Waals surface area contributed by atoms with Gasteiger partial charge in [-0.15, -0.1) is 0 Å². The second-order valence-electron chi connectivity index (χ2n) is 4.41. The fourth-order valence-electron chi connectivity index (χ4n) is 1.41. The lowest BCUT2D eigenvalue weighted by Crippen LogP contribution is -2.41. The van der Waals surface area contributed by atoms with Gasteiger partial charge in [-0.2, -0.15) is 0 Å². The Bertz CT molecular complexity index is 213. The maximum Gasteiger partial charge on any atom is 0.412 e. The number of nitrogens with zero attached hydrogens (tertiary/aromatic N) is 1. The molecule has 0 aromatic carbocycles. The van der Waals surface area contributed by atoms with Crippen LogP contribution >= 0.6 is 0 Å². The quantitative estimate of drug-likeness (QED) is 0.649. The zero-order chi connectivity index (χ0) is 10.8. The second-order valence-corrected chi connectivity index (χ2v) is 4.41. The second kappa shape index (κ2) is 4.14. The summed E-state index contributed by atoms with van der Waals surface area (Å²) in [4.78, 5) is 17.8. The standard InChI is InChI=1S/C9H18N2O3/c1-9(2,3)13-8(12)11-6-4-5-7(11)14-10/h7H,4-6,10H2,1-3H3/t7-/m1/s1. The van der Waals surface area contributed by atoms with Crippen LogP contribution < -0.4 is 5.90 Å². The zero-order valence-electron chi connectivity index (χ0n) is 8.95. The van der Waals surface area contributed by atoms with E-state index in [0.29, 0.717) is 6.54 Å². The van der Waals surface area contributed by atoms with Crippen LogP contribution in [0.1, 0.15) is 33.6 Å². The molecule has 5 heteroatoms. The van der Waals surface area contributed by atoms with Crippen molar-refractivity contribution >= 4 is 6.09 Å². The van der Waals surface area contributed by atoms with Crippen molar-refractivity contribution in [2.45, 2.75) is 45.4 Å². The fourth-order valence-corrected chi connectivity index (χ4v) is 1.41. The Labute approximate surface area is 84.1 Å². The topological polar surface area (TPSA) is 64.8 Å². The third-order valence-corrected chi connectivity index (χ3v) is 1.98. The first-order valence-electron chi connectivity index (χ1n) is 4.79. The number of ether oxygens (including phenoxy) is 1. The molecule has 0 aromatic heterocycles. The van der Waals surface area contributed by atoms with Crippen molar-refractivity contribution < 1.29 is 14.4 Å². The molecule has 2 N–H and O–H groups in total. The number of hydrogen-bond acceptors (Lipinski definition) is 4. The molecule has 1 aliphatic rings. The van der Waals surface area contributed by atoms with Gasteiger partial charge >= 0.3 is 6.09 Å². The SMILES string of the molecule is CC(C)(C)OC(=O)N1CCC[C@H]1ON. The number of rotatable bonds is 1. The molecule has 1 aliphatic heterocycles. The van der Waals surface area contributed by atoms with E-state index in [0.717, 1.165) is 12.8 Å². The highest BCUT2D eigenvalue weighted by Gasteiger charge is 2.32. The van der Waals surface area contributed by atoms with Gasteiger partial charge < -0.3 is 4.74 Å². The van der Waals surface area contributed by atoms with Crippen LogP contribution in [-0.4, -0.2) is 29.4 Å². The molecule has 1 heterocycles. The van der Waals surface area contributed by atoms with Crippen LogP contribution in [0.2, 0.25) is 0 Å². The van der Waals surface area contributed by atoms with Gasteiger partial charge in [-0.25, -0.2) is 10.7 Å². The maximum atomic E-state index is 11.6. The molecule has 1 amide bonds. The van der Waals surface area contributed by atoms with E-state index in [1.807, 2.05) is 20.8 Å². The van der Waals surface area contributed by atoms with Crippen molar-refractivity contribution in [3.63, 3.8) is 0 Å². The van der Waals surface area contributed by atoms with E-state index in [1.54, 1.807) is 0 Å². The van der Waals surface area contributed by atoms with Gasteiger partial charge in [0.15, 0.2) is 6.23 Å². The van der Waals surface area contributed by atoms with Crippen LogP contribution in [0.15, 0.2) is 0 Å². The summed E-state index contributed by atoms with van der Waals surface area (Å²) >= 11 is 0. The molecule has 1 saturated heterocycles. The Morgan fingerprint density at radius 1 is 1.50 bits per heavy atom. The van der Waals surface area contributed by atoms with Gasteiger partial charge in [0, 0.05) is 6.54 Å². The number of nitrogens with two attached hydrogens (primary N) is 1. The predicted octanol–water partition coefficient (Wildman–Crippen LogP) is 1.23. The van der Waals surface area contributed by atoms with E-state index in [9.17, 15) is 4.79 Å². The first-order chi connectivity index (χ1) is 6.44. The lowest BCUT2D eigenvalue weighted by Gasteiger charge is -2.27. The highest BCUT2D eigenvalue weighted by Crippen LogP contribution is 2.20. The van der Waals surface area contributed by atoms with Gasteiger partial charge in [0.05, 0.1) is 0 Å². The van der Waals surface area contributed by atoms with E-state index in [-0.39, 0.29) is 12.3 Å². The molecule has 0 aliphatic carbocycles. The summed E-state index contributed by atoms with van der Waals surface area (Å²) in [5, 5.41) is 0. The molecule has 0 aromatic rings. The van der Waals surface area contributed by atoms with E-state index in [2.05, 4.69) is 4.84 Å². The maximum absolute atomic E-state index is 11.6. The molecule has 0 spiro atoms. The molecule has 0 saturated carbocycles. The van der Waals surface area contributed by atoms with Crippen molar-refractivity contribution in [2.75, 3.05) is 6.54 Å². The first kappa shape index (κ1) is 11.3. The van der Waals surface area contributed by atoms with Gasteiger partial charge in [0.2, 0.25) is 0 Å². The number of carbonyl (C=O) groups excluding carboxylic acids is 1. The van der Waals surface area contributed by atoms with E-state index in [1.165, 1.54) is 4.90 Å². The highest BCUT2D eigenvalue weighted by molar-refractivity contribution is 5.68. The monoisotopic (exact) mass is 202 g/mol. The van der Waals surface area contributed by atoms with Gasteiger partial charge in [-0.3, -0.25) is 9.74 Å². The summed E-state index contributed by atoms with van der Waals surface area (Å²) in [6.07, 6.45) is 0.993. The highest BCUT2D eigenvalue weighted by atomic mass is 16.6. The number of hydrogen-bond donors (Lipinski definition) is 1. The third kappa shape index (κ3) is 2.85. The molecule has 0 unspecified atom stereocenters. The molecule has 1 rings (SSSR count). The van der Waals surface area contributed by atoms with Crippen molar-refractivity contribution in [2.24, 2.45) is 5.90 Å². The lowest BCUT2D eigenvalue weighted by molar-refractivity contribution is -0.0503. The summed E-state index contributed by atoms with van der Waals surface area (Å²) < 4.78 is 5.21. The largest absolute Gasteiger partial charge is 0.444 e. The van der Waals surface area contributed by atoms with Crippen LogP contribution in [0.25, 0.3) is 0 Å². The Morgan fingerprint density at radius 3 is 2.64 bits per heavy atom. The first-order valence-corrected chi connectivity index (χ1v) is 4.79. The molecular formula is C9H18N2O3. The molecule has 0 radical (unpaired) electrons. The van der Waals surface area contributed by atoms with Crippen molar-refractivity contribution in [3.8, 4) is 0 Å². The van der Waals surface area contributed by atoms with Gasteiger partial charge in [0.25, 0.3) is 0 Å². The average molecular weight is 202 g/mol. The summed E-state index contributed by atoms with van der Waals surface area (Å²) in [7, 11) is 0. The van der Waals surface area contributed by atoms with Crippen LogP contribution in [0, 0.1) is 0 Å². The van der Waals surface area contributed by atoms with E-state index >= 15 is 0 Å². The van der Waals surface area contributed by atoms with E-state index in [4.69, 9.17) is 10.6 Å². The van der Waals surface area contributed by atoms with Crippen LogP contribution in [0.4, 0.5) is 4.79 Å². The normalized spacial score (nSPS) is 22.6. The van der Waals surface area contributed by atoms with Crippen LogP contribution in [0.5, 0.6) is 0 Å². The lowest BCUT2D eigenvalue weighted by atomic mass is 10.2. The minimum atomic E-state index is -0.473. The summed E-state index contributed by atoms with van der Waals surface area (Å²) in [5.74, 6) is 5.08. The third-order valence-electron chi connectivity index (χ3n) is 1.98. The Morgan fingerprint density at radius 2 is 2.14 bits per heavy atom. The Balaban J connectivity index is 2.52. The average Bonchev–Trinajstić information content (AvgIpc) is 2.47. The smallest absolute Gasteiger partial charge is 0.412 e. The minimum absolute atomic E-state index is 0.329. The van der Waals surface area contributed by atoms with Crippen LogP contribution in [0.3, 0.4) is 0 Å². The molecule has 0 bridgehead atoms. The summed E-state index contributed by atoms with van der Waals surface area (Å²) in [6, 6.07) is 0. The van der Waals surface area contributed by atoms with Crippen LogP contribution in [-0.2, 0) is 9.57 Å².